The highest BCUT2D eigenvalue weighted by Gasteiger charge is 2.18. The number of amides is 1. The second-order valence-electron chi connectivity index (χ2n) is 7.72. The summed E-state index contributed by atoms with van der Waals surface area (Å²) in [4.78, 5) is 17.6. The van der Waals surface area contributed by atoms with Crippen molar-refractivity contribution in [3.8, 4) is 11.5 Å². The predicted octanol–water partition coefficient (Wildman–Crippen LogP) is 2.98. The lowest BCUT2D eigenvalue weighted by molar-refractivity contribution is 0.0933. The van der Waals surface area contributed by atoms with Crippen LogP contribution in [0.25, 0.3) is 0 Å². The highest BCUT2D eigenvalue weighted by atomic mass is 16.5. The van der Waals surface area contributed by atoms with E-state index in [2.05, 4.69) is 52.0 Å². The smallest absolute Gasteiger partial charge is 0.251 e. The molecule has 0 bridgehead atoms. The van der Waals surface area contributed by atoms with Crippen molar-refractivity contribution < 1.29 is 14.3 Å². The van der Waals surface area contributed by atoms with Crippen LogP contribution < -0.4 is 14.8 Å². The topological polar surface area (TPSA) is 54.0 Å². The normalized spacial score (nSPS) is 14.8. The van der Waals surface area contributed by atoms with Crippen LogP contribution in [0, 0.1) is 0 Å². The number of methoxy groups -OCH3 is 2. The van der Waals surface area contributed by atoms with E-state index in [0.29, 0.717) is 30.0 Å². The number of nitrogens with one attached hydrogen (secondary N) is 1. The zero-order valence-corrected chi connectivity index (χ0v) is 18.6. The Hall–Kier alpha value is -2.83. The lowest BCUT2D eigenvalue weighted by Crippen LogP contribution is -2.48. The van der Waals surface area contributed by atoms with E-state index < -0.39 is 0 Å². The number of nitrogens with zero attached hydrogens (tertiary/aromatic N) is 2. The van der Waals surface area contributed by atoms with Crippen LogP contribution in [-0.2, 0) is 13.0 Å². The third-order valence-corrected chi connectivity index (χ3v) is 5.61. The molecule has 2 aromatic carbocycles. The number of rotatable bonds is 10. The van der Waals surface area contributed by atoms with Crippen LogP contribution in [0.5, 0.6) is 11.5 Å². The van der Waals surface area contributed by atoms with Crippen LogP contribution in [-0.4, -0.2) is 69.2 Å². The minimum absolute atomic E-state index is 0.103. The fourth-order valence-electron chi connectivity index (χ4n) is 3.92. The molecule has 0 spiro atoms. The van der Waals surface area contributed by atoms with E-state index >= 15 is 0 Å². The largest absolute Gasteiger partial charge is 0.493 e. The first kappa shape index (κ1) is 22.8. The number of ether oxygens (including phenoxy) is 2. The monoisotopic (exact) mass is 423 g/mol. The molecule has 1 aliphatic heterocycles. The number of carbonyl (C=O) groups is 1. The van der Waals surface area contributed by atoms with E-state index in [1.165, 1.54) is 5.56 Å². The molecule has 1 amide bonds. The quantitative estimate of drug-likeness (QED) is 0.596. The second-order valence-corrected chi connectivity index (χ2v) is 7.72. The van der Waals surface area contributed by atoms with Gasteiger partial charge in [0.25, 0.3) is 5.91 Å². The molecule has 3 rings (SSSR count). The van der Waals surface area contributed by atoms with Crippen molar-refractivity contribution in [2.75, 3.05) is 53.5 Å². The summed E-state index contributed by atoms with van der Waals surface area (Å²) in [5.41, 5.74) is 2.81. The molecule has 1 heterocycles. The van der Waals surface area contributed by atoms with Gasteiger partial charge in [-0.1, -0.05) is 36.4 Å². The molecule has 1 saturated heterocycles. The molecule has 1 fully saturated rings. The lowest BCUT2D eigenvalue weighted by atomic mass is 10.0. The molecule has 0 atom stereocenters. The number of hydrogen-bond acceptors (Lipinski definition) is 5. The standard InChI is InChI=1S/C25H33N3O3/c1-4-8-21-17-22(18-23(30-2)24(21)31-3)25(29)26-11-12-27-13-15-28(16-14-27)19-20-9-6-5-7-10-20/h4-7,9-10,17-18H,1,8,11-16,19H2,2-3H3,(H,26,29). The Bertz CT molecular complexity index is 862. The average Bonchev–Trinajstić information content (AvgIpc) is 2.80. The van der Waals surface area contributed by atoms with Gasteiger partial charge in [-0.05, 0) is 24.1 Å². The van der Waals surface area contributed by atoms with Crippen LogP contribution in [0.3, 0.4) is 0 Å². The Morgan fingerprint density at radius 1 is 1.06 bits per heavy atom. The molecular weight excluding hydrogens is 390 g/mol. The summed E-state index contributed by atoms with van der Waals surface area (Å²) in [7, 11) is 3.18. The van der Waals surface area contributed by atoms with E-state index in [4.69, 9.17) is 9.47 Å². The fraction of sp³-hybridized carbons (Fsp3) is 0.400. The molecule has 0 radical (unpaired) electrons. The van der Waals surface area contributed by atoms with E-state index in [-0.39, 0.29) is 5.91 Å². The fourth-order valence-corrected chi connectivity index (χ4v) is 3.92. The minimum Gasteiger partial charge on any atom is -0.493 e. The third kappa shape index (κ3) is 6.32. The summed E-state index contributed by atoms with van der Waals surface area (Å²) < 4.78 is 10.9. The molecule has 31 heavy (non-hydrogen) atoms. The van der Waals surface area contributed by atoms with Crippen molar-refractivity contribution in [2.24, 2.45) is 0 Å². The Morgan fingerprint density at radius 3 is 2.42 bits per heavy atom. The summed E-state index contributed by atoms with van der Waals surface area (Å²) in [5.74, 6) is 1.10. The minimum atomic E-state index is -0.103. The van der Waals surface area contributed by atoms with Crippen molar-refractivity contribution >= 4 is 5.91 Å². The van der Waals surface area contributed by atoms with Gasteiger partial charge in [-0.3, -0.25) is 14.6 Å². The van der Waals surface area contributed by atoms with Gasteiger partial charge in [0, 0.05) is 56.9 Å². The SMILES string of the molecule is C=CCc1cc(C(=O)NCCN2CCN(Cc3ccccc3)CC2)cc(OC)c1OC. The molecule has 1 aliphatic rings. The first-order chi connectivity index (χ1) is 15.1. The van der Waals surface area contributed by atoms with E-state index in [0.717, 1.165) is 44.8 Å². The summed E-state index contributed by atoms with van der Waals surface area (Å²) in [6, 6.07) is 14.2. The molecule has 6 heteroatoms. The van der Waals surface area contributed by atoms with Crippen LogP contribution in [0.2, 0.25) is 0 Å². The molecular formula is C25H33N3O3. The number of benzene rings is 2. The van der Waals surface area contributed by atoms with Crippen molar-refractivity contribution in [1.82, 2.24) is 15.1 Å². The van der Waals surface area contributed by atoms with Gasteiger partial charge in [0.05, 0.1) is 14.2 Å². The summed E-state index contributed by atoms with van der Waals surface area (Å²) >= 11 is 0. The Balaban J connectivity index is 1.47. The first-order valence-electron chi connectivity index (χ1n) is 10.8. The average molecular weight is 424 g/mol. The van der Waals surface area contributed by atoms with Gasteiger partial charge in [-0.25, -0.2) is 0 Å². The molecule has 166 valence electrons. The van der Waals surface area contributed by atoms with Crippen molar-refractivity contribution in [2.45, 2.75) is 13.0 Å². The van der Waals surface area contributed by atoms with Crippen LogP contribution in [0.1, 0.15) is 21.5 Å². The number of carbonyl (C=O) groups excluding carboxylic acids is 1. The molecule has 0 unspecified atom stereocenters. The van der Waals surface area contributed by atoms with Gasteiger partial charge in [0.1, 0.15) is 0 Å². The second kappa shape index (κ2) is 11.5. The van der Waals surface area contributed by atoms with Crippen LogP contribution >= 0.6 is 0 Å². The molecule has 2 aromatic rings. The van der Waals surface area contributed by atoms with Crippen LogP contribution in [0.15, 0.2) is 55.1 Å². The van der Waals surface area contributed by atoms with Gasteiger partial charge < -0.3 is 14.8 Å². The molecule has 6 nitrogen and oxygen atoms in total. The van der Waals surface area contributed by atoms with Gasteiger partial charge >= 0.3 is 0 Å². The Labute approximate surface area is 185 Å². The summed E-state index contributed by atoms with van der Waals surface area (Å²) in [5, 5.41) is 3.04. The third-order valence-electron chi connectivity index (χ3n) is 5.61. The highest BCUT2D eigenvalue weighted by molar-refractivity contribution is 5.95. The van der Waals surface area contributed by atoms with Gasteiger partial charge in [0.2, 0.25) is 0 Å². The maximum Gasteiger partial charge on any atom is 0.251 e. The molecule has 0 saturated carbocycles. The molecule has 1 N–H and O–H groups in total. The van der Waals surface area contributed by atoms with Crippen LogP contribution in [0.4, 0.5) is 0 Å². The van der Waals surface area contributed by atoms with Crippen molar-refractivity contribution in [3.05, 3.63) is 71.8 Å². The Kier molecular flexibility index (Phi) is 8.50. The zero-order chi connectivity index (χ0) is 22.1. The lowest BCUT2D eigenvalue weighted by Gasteiger charge is -2.34. The predicted molar refractivity (Wildman–Crippen MR) is 124 cm³/mol. The highest BCUT2D eigenvalue weighted by Crippen LogP contribution is 2.33. The van der Waals surface area contributed by atoms with Gasteiger partial charge in [-0.15, -0.1) is 6.58 Å². The number of allylic oxidation sites excluding steroid dienone is 1. The number of piperazine rings is 1. The summed E-state index contributed by atoms with van der Waals surface area (Å²) in [6.07, 6.45) is 2.39. The van der Waals surface area contributed by atoms with E-state index in [1.54, 1.807) is 26.4 Å². The van der Waals surface area contributed by atoms with E-state index in [9.17, 15) is 4.79 Å². The van der Waals surface area contributed by atoms with Crippen molar-refractivity contribution in [1.29, 1.82) is 0 Å². The number of hydrogen-bond donors (Lipinski definition) is 1. The maximum atomic E-state index is 12.7. The Morgan fingerprint density at radius 2 is 1.77 bits per heavy atom. The van der Waals surface area contributed by atoms with E-state index in [1.807, 2.05) is 6.07 Å². The maximum absolute atomic E-state index is 12.7. The molecule has 0 aliphatic carbocycles. The van der Waals surface area contributed by atoms with Gasteiger partial charge in [-0.2, -0.15) is 0 Å². The summed E-state index contributed by atoms with van der Waals surface area (Å²) in [6.45, 7) is 10.4. The van der Waals surface area contributed by atoms with Gasteiger partial charge in [0.15, 0.2) is 11.5 Å². The first-order valence-corrected chi connectivity index (χ1v) is 10.8. The van der Waals surface area contributed by atoms with Crippen molar-refractivity contribution in [3.63, 3.8) is 0 Å². The molecule has 0 aromatic heterocycles. The zero-order valence-electron chi connectivity index (χ0n) is 18.6.